The van der Waals surface area contributed by atoms with E-state index in [-0.39, 0.29) is 12.6 Å². The van der Waals surface area contributed by atoms with Gasteiger partial charge in [0.25, 0.3) is 0 Å². The highest BCUT2D eigenvalue weighted by molar-refractivity contribution is 9.10. The number of aliphatic hydroxyl groups is 1. The third-order valence-electron chi connectivity index (χ3n) is 2.05. The molecule has 0 aromatic heterocycles. The first-order valence-corrected chi connectivity index (χ1v) is 5.11. The van der Waals surface area contributed by atoms with Gasteiger partial charge in [0, 0.05) is 17.1 Å². The van der Waals surface area contributed by atoms with Crippen molar-refractivity contribution in [2.45, 2.75) is 12.5 Å². The minimum absolute atomic E-state index is 0.201. The number of hydrogen-bond donors (Lipinski definition) is 2. The highest BCUT2D eigenvalue weighted by atomic mass is 79.9. The van der Waals surface area contributed by atoms with Gasteiger partial charge in [-0.05, 0) is 25.1 Å². The lowest BCUT2D eigenvalue weighted by Crippen LogP contribution is -2.17. The Morgan fingerprint density at radius 3 is 2.69 bits per heavy atom. The van der Waals surface area contributed by atoms with Crippen LogP contribution in [-0.2, 0) is 0 Å². The molecule has 0 aliphatic rings. The molecule has 0 aliphatic heterocycles. The molecule has 1 atom stereocenters. The summed E-state index contributed by atoms with van der Waals surface area (Å²) in [5.41, 5.74) is 1.19. The van der Waals surface area contributed by atoms with Crippen LogP contribution in [0.4, 0.5) is 0 Å². The SMILES string of the molecule is CNC(CCO)c1ccccc1Br. The second-order valence-corrected chi connectivity index (χ2v) is 3.73. The van der Waals surface area contributed by atoms with E-state index in [0.717, 1.165) is 10.9 Å². The summed E-state index contributed by atoms with van der Waals surface area (Å²) in [7, 11) is 1.90. The van der Waals surface area contributed by atoms with Gasteiger partial charge < -0.3 is 10.4 Å². The van der Waals surface area contributed by atoms with Crippen LogP contribution in [0.15, 0.2) is 28.7 Å². The zero-order chi connectivity index (χ0) is 9.68. The van der Waals surface area contributed by atoms with E-state index in [1.165, 1.54) is 5.56 Å². The van der Waals surface area contributed by atoms with Crippen LogP contribution in [0.3, 0.4) is 0 Å². The van der Waals surface area contributed by atoms with Crippen molar-refractivity contribution in [3.05, 3.63) is 34.3 Å². The summed E-state index contributed by atoms with van der Waals surface area (Å²) in [6, 6.07) is 8.28. The maximum atomic E-state index is 8.86. The number of halogens is 1. The molecule has 2 nitrogen and oxygen atoms in total. The van der Waals surface area contributed by atoms with Crippen LogP contribution in [0.2, 0.25) is 0 Å². The molecule has 2 N–H and O–H groups in total. The van der Waals surface area contributed by atoms with Gasteiger partial charge in [-0.2, -0.15) is 0 Å². The van der Waals surface area contributed by atoms with Crippen LogP contribution in [0.25, 0.3) is 0 Å². The van der Waals surface area contributed by atoms with Crippen molar-refractivity contribution in [3.8, 4) is 0 Å². The first kappa shape index (κ1) is 10.7. The summed E-state index contributed by atoms with van der Waals surface area (Å²) in [6.07, 6.45) is 0.735. The average molecular weight is 244 g/mol. The summed E-state index contributed by atoms with van der Waals surface area (Å²) in [5.74, 6) is 0. The standard InChI is InChI=1S/C10H14BrNO/c1-12-10(6-7-13)8-4-2-3-5-9(8)11/h2-5,10,12-13H,6-7H2,1H3. The lowest BCUT2D eigenvalue weighted by Gasteiger charge is -2.16. The molecular weight excluding hydrogens is 230 g/mol. The van der Waals surface area contributed by atoms with Crippen LogP contribution >= 0.6 is 15.9 Å². The van der Waals surface area contributed by atoms with Crippen molar-refractivity contribution in [2.24, 2.45) is 0 Å². The largest absolute Gasteiger partial charge is 0.396 e. The number of aliphatic hydroxyl groups excluding tert-OH is 1. The second-order valence-electron chi connectivity index (χ2n) is 2.88. The molecule has 0 heterocycles. The molecule has 72 valence electrons. The Labute approximate surface area is 87.1 Å². The van der Waals surface area contributed by atoms with Crippen LogP contribution in [0.5, 0.6) is 0 Å². The Balaban J connectivity index is 2.84. The molecule has 0 saturated heterocycles. The van der Waals surface area contributed by atoms with E-state index in [1.54, 1.807) is 0 Å². The molecule has 0 bridgehead atoms. The highest BCUT2D eigenvalue weighted by Gasteiger charge is 2.10. The molecule has 0 fully saturated rings. The average Bonchev–Trinajstić information content (AvgIpc) is 2.16. The Morgan fingerprint density at radius 2 is 2.15 bits per heavy atom. The van der Waals surface area contributed by atoms with Crippen LogP contribution in [0, 0.1) is 0 Å². The topological polar surface area (TPSA) is 32.3 Å². The highest BCUT2D eigenvalue weighted by Crippen LogP contribution is 2.24. The maximum Gasteiger partial charge on any atom is 0.0449 e. The molecule has 1 rings (SSSR count). The van der Waals surface area contributed by atoms with E-state index in [0.29, 0.717) is 0 Å². The predicted molar refractivity (Wildman–Crippen MR) is 57.6 cm³/mol. The molecule has 13 heavy (non-hydrogen) atoms. The van der Waals surface area contributed by atoms with Gasteiger partial charge in [-0.25, -0.2) is 0 Å². The Hall–Kier alpha value is -0.380. The maximum absolute atomic E-state index is 8.86. The van der Waals surface area contributed by atoms with E-state index in [4.69, 9.17) is 5.11 Å². The zero-order valence-corrected chi connectivity index (χ0v) is 9.21. The van der Waals surface area contributed by atoms with Gasteiger partial charge in [0.15, 0.2) is 0 Å². The molecule has 1 aromatic carbocycles. The van der Waals surface area contributed by atoms with Gasteiger partial charge in [-0.3, -0.25) is 0 Å². The first-order valence-electron chi connectivity index (χ1n) is 4.32. The van der Waals surface area contributed by atoms with Gasteiger partial charge in [0.1, 0.15) is 0 Å². The molecule has 0 radical (unpaired) electrons. The number of nitrogens with one attached hydrogen (secondary N) is 1. The second kappa shape index (κ2) is 5.37. The molecule has 1 aromatic rings. The van der Waals surface area contributed by atoms with Gasteiger partial charge in [-0.1, -0.05) is 34.1 Å². The number of benzene rings is 1. The third kappa shape index (κ3) is 2.79. The summed E-state index contributed by atoms with van der Waals surface area (Å²) in [6.45, 7) is 0.201. The van der Waals surface area contributed by atoms with Crippen molar-refractivity contribution >= 4 is 15.9 Å². The quantitative estimate of drug-likeness (QED) is 0.850. The van der Waals surface area contributed by atoms with Gasteiger partial charge in [0.05, 0.1) is 0 Å². The lowest BCUT2D eigenvalue weighted by molar-refractivity contribution is 0.268. The number of hydrogen-bond acceptors (Lipinski definition) is 2. The first-order chi connectivity index (χ1) is 6.29. The summed E-state index contributed by atoms with van der Waals surface area (Å²) in [5, 5.41) is 12.0. The van der Waals surface area contributed by atoms with Crippen molar-refractivity contribution in [3.63, 3.8) is 0 Å². The minimum atomic E-state index is 0.201. The fourth-order valence-corrected chi connectivity index (χ4v) is 1.90. The van der Waals surface area contributed by atoms with Crippen LogP contribution < -0.4 is 5.32 Å². The smallest absolute Gasteiger partial charge is 0.0449 e. The molecule has 0 saturated carbocycles. The van der Waals surface area contributed by atoms with E-state index in [9.17, 15) is 0 Å². The lowest BCUT2D eigenvalue weighted by atomic mass is 10.0. The van der Waals surface area contributed by atoms with E-state index < -0.39 is 0 Å². The van der Waals surface area contributed by atoms with Crippen molar-refractivity contribution in [1.82, 2.24) is 5.32 Å². The van der Waals surface area contributed by atoms with Gasteiger partial charge >= 0.3 is 0 Å². The van der Waals surface area contributed by atoms with E-state index in [1.807, 2.05) is 25.2 Å². The molecule has 1 unspecified atom stereocenters. The normalized spacial score (nSPS) is 12.8. The predicted octanol–water partition coefficient (Wildman–Crippen LogP) is 2.09. The fraction of sp³-hybridized carbons (Fsp3) is 0.400. The molecule has 0 amide bonds. The van der Waals surface area contributed by atoms with Crippen LogP contribution in [0.1, 0.15) is 18.0 Å². The summed E-state index contributed by atoms with van der Waals surface area (Å²) >= 11 is 3.49. The van der Waals surface area contributed by atoms with E-state index >= 15 is 0 Å². The van der Waals surface area contributed by atoms with Crippen molar-refractivity contribution < 1.29 is 5.11 Å². The molecule has 0 spiro atoms. The van der Waals surface area contributed by atoms with Crippen molar-refractivity contribution in [1.29, 1.82) is 0 Å². The molecular formula is C10H14BrNO. The molecule has 0 aliphatic carbocycles. The van der Waals surface area contributed by atoms with Gasteiger partial charge in [-0.15, -0.1) is 0 Å². The van der Waals surface area contributed by atoms with Gasteiger partial charge in [0.2, 0.25) is 0 Å². The van der Waals surface area contributed by atoms with Crippen LogP contribution in [-0.4, -0.2) is 18.8 Å². The summed E-state index contributed by atoms with van der Waals surface area (Å²) < 4.78 is 1.09. The number of rotatable bonds is 4. The Bertz CT molecular complexity index is 265. The van der Waals surface area contributed by atoms with E-state index in [2.05, 4.69) is 27.3 Å². The molecule has 3 heteroatoms. The fourth-order valence-electron chi connectivity index (χ4n) is 1.34. The minimum Gasteiger partial charge on any atom is -0.396 e. The zero-order valence-electron chi connectivity index (χ0n) is 7.63. The Morgan fingerprint density at radius 1 is 1.46 bits per heavy atom. The van der Waals surface area contributed by atoms with Crippen molar-refractivity contribution in [2.75, 3.05) is 13.7 Å². The third-order valence-corrected chi connectivity index (χ3v) is 2.77. The monoisotopic (exact) mass is 243 g/mol. The Kier molecular flexibility index (Phi) is 4.42. The summed E-state index contributed by atoms with van der Waals surface area (Å²) in [4.78, 5) is 0.